The molecular weight excluding hydrogens is 284 g/mol. The Balaban J connectivity index is 2.59. The minimum Gasteiger partial charge on any atom is -0.488 e. The summed E-state index contributed by atoms with van der Waals surface area (Å²) in [5, 5.41) is 0. The van der Waals surface area contributed by atoms with Gasteiger partial charge in [0.15, 0.2) is 0 Å². The van der Waals surface area contributed by atoms with Crippen molar-refractivity contribution in [1.29, 1.82) is 0 Å². The summed E-state index contributed by atoms with van der Waals surface area (Å²) < 4.78 is 7.62. The van der Waals surface area contributed by atoms with E-state index in [1.165, 1.54) is 0 Å². The summed E-state index contributed by atoms with van der Waals surface area (Å²) in [7, 11) is 0. The minimum atomic E-state index is 0.609. The Morgan fingerprint density at radius 2 is 1.92 bits per heavy atom. The van der Waals surface area contributed by atoms with Crippen LogP contribution in [0.1, 0.15) is 5.56 Å². The first-order valence-corrected chi connectivity index (χ1v) is 5.14. The Kier molecular flexibility index (Phi) is 2.24. The fourth-order valence-corrected chi connectivity index (χ4v) is 1.89. The molecule has 0 N–H and O–H groups in total. The zero-order valence-corrected chi connectivity index (χ0v) is 9.35. The molecule has 0 aliphatic carbocycles. The van der Waals surface area contributed by atoms with Crippen molar-refractivity contribution in [3.8, 4) is 5.75 Å². The summed E-state index contributed by atoms with van der Waals surface area (Å²) in [4.78, 5) is 0. The smallest absolute Gasteiger partial charge is 0.128 e. The molecule has 0 fully saturated rings. The van der Waals surface area contributed by atoms with E-state index >= 15 is 0 Å². The molecule has 0 aromatic heterocycles. The predicted molar refractivity (Wildman–Crippen MR) is 56.7 cm³/mol. The maximum atomic E-state index is 5.47. The van der Waals surface area contributed by atoms with Crippen molar-refractivity contribution in [2.75, 3.05) is 6.61 Å². The summed E-state index contributed by atoms with van der Waals surface area (Å²) >= 11 is 6.94. The molecule has 0 atom stereocenters. The molecule has 0 spiro atoms. The lowest BCUT2D eigenvalue weighted by Crippen LogP contribution is -2.05. The van der Waals surface area contributed by atoms with Crippen LogP contribution in [0, 0.1) is 0 Å². The van der Waals surface area contributed by atoms with Gasteiger partial charge in [-0.1, -0.05) is 34.1 Å². The zero-order valence-electron chi connectivity index (χ0n) is 6.18. The number of ether oxygens (including phenoxy) is 1. The van der Waals surface area contributed by atoms with Gasteiger partial charge in [0.05, 0.1) is 0 Å². The van der Waals surface area contributed by atoms with Crippen molar-refractivity contribution in [3.63, 3.8) is 0 Å². The van der Waals surface area contributed by atoms with E-state index in [4.69, 9.17) is 4.74 Å². The molecule has 12 heavy (non-hydrogen) atoms. The fraction of sp³-hybridized carbons (Fsp3) is 0.111. The van der Waals surface area contributed by atoms with Crippen molar-refractivity contribution in [1.82, 2.24) is 0 Å². The van der Waals surface area contributed by atoms with Gasteiger partial charge < -0.3 is 4.74 Å². The van der Waals surface area contributed by atoms with Gasteiger partial charge in [-0.25, -0.2) is 0 Å². The van der Waals surface area contributed by atoms with E-state index in [2.05, 4.69) is 31.9 Å². The molecule has 3 heteroatoms. The van der Waals surface area contributed by atoms with Crippen LogP contribution in [0.4, 0.5) is 0 Å². The van der Waals surface area contributed by atoms with Gasteiger partial charge in [0.1, 0.15) is 12.4 Å². The molecule has 0 saturated heterocycles. The Bertz CT molecular complexity index is 344. The lowest BCUT2D eigenvalue weighted by Gasteiger charge is -2.17. The van der Waals surface area contributed by atoms with Crippen LogP contribution in [0.15, 0.2) is 28.7 Å². The van der Waals surface area contributed by atoms with Crippen LogP contribution in [-0.4, -0.2) is 6.61 Å². The Morgan fingerprint density at radius 1 is 1.17 bits per heavy atom. The van der Waals surface area contributed by atoms with Gasteiger partial charge in [0, 0.05) is 14.5 Å². The molecule has 62 valence electrons. The van der Waals surface area contributed by atoms with E-state index in [0.717, 1.165) is 20.3 Å². The van der Waals surface area contributed by atoms with E-state index < -0.39 is 0 Å². The van der Waals surface area contributed by atoms with Gasteiger partial charge in [-0.2, -0.15) is 0 Å². The van der Waals surface area contributed by atoms with Crippen molar-refractivity contribution in [2.45, 2.75) is 0 Å². The van der Waals surface area contributed by atoms with Gasteiger partial charge in [0.2, 0.25) is 0 Å². The first-order chi connectivity index (χ1) is 5.79. The van der Waals surface area contributed by atoms with Crippen LogP contribution in [0.3, 0.4) is 0 Å². The van der Waals surface area contributed by atoms with Gasteiger partial charge >= 0.3 is 0 Å². The van der Waals surface area contributed by atoms with Gasteiger partial charge in [-0.3, -0.25) is 0 Å². The molecule has 0 unspecified atom stereocenters. The predicted octanol–water partition coefficient (Wildman–Crippen LogP) is 3.54. The molecule has 2 rings (SSSR count). The number of halogens is 2. The second kappa shape index (κ2) is 3.23. The number of hydrogen-bond acceptors (Lipinski definition) is 1. The third-order valence-corrected chi connectivity index (χ3v) is 3.78. The quantitative estimate of drug-likeness (QED) is 0.710. The van der Waals surface area contributed by atoms with Gasteiger partial charge in [0.25, 0.3) is 0 Å². The average Bonchev–Trinajstić information content (AvgIpc) is 2.12. The van der Waals surface area contributed by atoms with Crippen molar-refractivity contribution >= 4 is 36.3 Å². The molecule has 1 heterocycles. The summed E-state index contributed by atoms with van der Waals surface area (Å²) in [5.74, 6) is 0.938. The molecule has 1 aliphatic heterocycles. The van der Waals surface area contributed by atoms with E-state index in [0.29, 0.717) is 6.61 Å². The largest absolute Gasteiger partial charge is 0.488 e. The highest BCUT2D eigenvalue weighted by molar-refractivity contribution is 9.16. The van der Waals surface area contributed by atoms with Crippen molar-refractivity contribution in [2.24, 2.45) is 0 Å². The van der Waals surface area contributed by atoms with Crippen LogP contribution < -0.4 is 4.74 Å². The molecular formula is C9H6Br2O. The number of fused-ring (bicyclic) bond motifs is 1. The first-order valence-electron chi connectivity index (χ1n) is 3.55. The summed E-state index contributed by atoms with van der Waals surface area (Å²) in [6, 6.07) is 7.96. The first kappa shape index (κ1) is 8.32. The Morgan fingerprint density at radius 3 is 2.75 bits per heavy atom. The fourth-order valence-electron chi connectivity index (χ4n) is 1.12. The van der Waals surface area contributed by atoms with Crippen LogP contribution >= 0.6 is 31.9 Å². The third kappa shape index (κ3) is 1.31. The van der Waals surface area contributed by atoms with Crippen LogP contribution in [0.25, 0.3) is 4.48 Å². The molecule has 1 aromatic rings. The highest BCUT2D eigenvalue weighted by Crippen LogP contribution is 2.38. The molecule has 0 bridgehead atoms. The molecule has 0 saturated carbocycles. The molecule has 1 nitrogen and oxygen atoms in total. The van der Waals surface area contributed by atoms with Crippen LogP contribution in [-0.2, 0) is 0 Å². The monoisotopic (exact) mass is 288 g/mol. The van der Waals surface area contributed by atoms with E-state index in [1.807, 2.05) is 24.3 Å². The Labute approximate surface area is 87.7 Å². The normalized spacial score (nSPS) is 15.5. The second-order valence-corrected chi connectivity index (χ2v) is 4.25. The molecule has 0 amide bonds. The summed E-state index contributed by atoms with van der Waals surface area (Å²) in [5.41, 5.74) is 1.11. The molecule has 1 aliphatic rings. The van der Waals surface area contributed by atoms with E-state index in [1.54, 1.807) is 0 Å². The lowest BCUT2D eigenvalue weighted by molar-refractivity contribution is 0.356. The Hall–Kier alpha value is -0.280. The number of hydrogen-bond donors (Lipinski definition) is 0. The van der Waals surface area contributed by atoms with E-state index in [9.17, 15) is 0 Å². The SMILES string of the molecule is BrC1=C(Br)c2ccccc2OC1. The number of para-hydroxylation sites is 1. The summed E-state index contributed by atoms with van der Waals surface area (Å²) in [6.45, 7) is 0.609. The highest BCUT2D eigenvalue weighted by Gasteiger charge is 2.15. The highest BCUT2D eigenvalue weighted by atomic mass is 79.9. The molecule has 0 radical (unpaired) electrons. The zero-order chi connectivity index (χ0) is 8.55. The number of rotatable bonds is 0. The maximum absolute atomic E-state index is 5.47. The van der Waals surface area contributed by atoms with Crippen molar-refractivity contribution < 1.29 is 4.74 Å². The van der Waals surface area contributed by atoms with Crippen LogP contribution in [0.5, 0.6) is 5.75 Å². The average molecular weight is 290 g/mol. The minimum absolute atomic E-state index is 0.609. The van der Waals surface area contributed by atoms with Gasteiger partial charge in [-0.05, 0) is 22.0 Å². The number of benzene rings is 1. The van der Waals surface area contributed by atoms with Crippen molar-refractivity contribution in [3.05, 3.63) is 34.3 Å². The summed E-state index contributed by atoms with van der Waals surface area (Å²) in [6.07, 6.45) is 0. The third-order valence-electron chi connectivity index (χ3n) is 1.72. The van der Waals surface area contributed by atoms with E-state index in [-0.39, 0.29) is 0 Å². The van der Waals surface area contributed by atoms with Gasteiger partial charge in [-0.15, -0.1) is 0 Å². The van der Waals surface area contributed by atoms with Crippen LogP contribution in [0.2, 0.25) is 0 Å². The molecule has 1 aromatic carbocycles. The second-order valence-electron chi connectivity index (χ2n) is 2.50. The topological polar surface area (TPSA) is 9.23 Å². The lowest BCUT2D eigenvalue weighted by atomic mass is 10.1. The standard InChI is InChI=1S/C9H6Br2O/c10-7-5-12-8-4-2-1-3-6(8)9(7)11/h1-4H,5H2. The maximum Gasteiger partial charge on any atom is 0.128 e.